The van der Waals surface area contributed by atoms with Crippen molar-refractivity contribution in [3.8, 4) is 11.8 Å². The number of nitrogens with one attached hydrogen (secondary N) is 1. The molecule has 1 N–H and O–H groups in total. The Labute approximate surface area is 125 Å². The summed E-state index contributed by atoms with van der Waals surface area (Å²) in [4.78, 5) is 13.6. The van der Waals surface area contributed by atoms with Crippen LogP contribution in [-0.4, -0.2) is 57.8 Å². The zero-order valence-electron chi connectivity index (χ0n) is 12.5. The number of carbonyl (C=O) groups is 1. The zero-order chi connectivity index (χ0) is 15.5. The highest BCUT2D eigenvalue weighted by molar-refractivity contribution is 5.77. The molecule has 1 aromatic carbocycles. The van der Waals surface area contributed by atoms with Crippen molar-refractivity contribution in [2.45, 2.75) is 0 Å². The number of amides is 1. The van der Waals surface area contributed by atoms with Crippen molar-refractivity contribution in [3.05, 3.63) is 29.8 Å². The van der Waals surface area contributed by atoms with Crippen molar-refractivity contribution in [1.29, 1.82) is 5.26 Å². The normalized spacial score (nSPS) is 10.2. The topological polar surface area (TPSA) is 74.6 Å². The molecule has 1 amide bonds. The van der Waals surface area contributed by atoms with Gasteiger partial charge in [-0.05, 0) is 38.4 Å². The Bertz CT molecular complexity index is 466. The lowest BCUT2D eigenvalue weighted by atomic mass is 10.2. The average Bonchev–Trinajstić information content (AvgIpc) is 2.49. The first-order valence-corrected chi connectivity index (χ1v) is 6.74. The van der Waals surface area contributed by atoms with Gasteiger partial charge in [0.2, 0.25) is 0 Å². The fourth-order valence-corrected chi connectivity index (χ4v) is 1.44. The first-order chi connectivity index (χ1) is 10.1. The number of rotatable bonds is 9. The van der Waals surface area contributed by atoms with Gasteiger partial charge in [0, 0.05) is 13.1 Å². The van der Waals surface area contributed by atoms with Crippen LogP contribution in [0.25, 0.3) is 0 Å². The first-order valence-electron chi connectivity index (χ1n) is 6.74. The Morgan fingerprint density at radius 2 is 2.00 bits per heavy atom. The Balaban J connectivity index is 2.09. The van der Waals surface area contributed by atoms with Crippen LogP contribution in [-0.2, 0) is 9.53 Å². The van der Waals surface area contributed by atoms with Crippen molar-refractivity contribution in [2.24, 2.45) is 0 Å². The third-order valence-corrected chi connectivity index (χ3v) is 2.60. The predicted molar refractivity (Wildman–Crippen MR) is 79.0 cm³/mol. The molecule has 114 valence electrons. The Morgan fingerprint density at radius 3 is 2.62 bits per heavy atom. The Kier molecular flexibility index (Phi) is 7.87. The summed E-state index contributed by atoms with van der Waals surface area (Å²) < 4.78 is 10.7. The second-order valence-electron chi connectivity index (χ2n) is 4.69. The van der Waals surface area contributed by atoms with E-state index >= 15 is 0 Å². The highest BCUT2D eigenvalue weighted by Crippen LogP contribution is 2.10. The SMILES string of the molecule is CN(C)CCOCCNC(=O)COc1ccc(C#N)cc1. The molecule has 0 saturated carbocycles. The summed E-state index contributed by atoms with van der Waals surface area (Å²) in [7, 11) is 3.96. The van der Waals surface area contributed by atoms with E-state index in [1.54, 1.807) is 24.3 Å². The number of hydrogen-bond acceptors (Lipinski definition) is 5. The molecule has 0 saturated heterocycles. The van der Waals surface area contributed by atoms with Crippen LogP contribution in [0.15, 0.2) is 24.3 Å². The fraction of sp³-hybridized carbons (Fsp3) is 0.467. The van der Waals surface area contributed by atoms with Crippen LogP contribution in [0.2, 0.25) is 0 Å². The van der Waals surface area contributed by atoms with E-state index in [1.807, 2.05) is 25.1 Å². The minimum absolute atomic E-state index is 0.0520. The summed E-state index contributed by atoms with van der Waals surface area (Å²) in [6.07, 6.45) is 0. The van der Waals surface area contributed by atoms with E-state index in [4.69, 9.17) is 14.7 Å². The summed E-state index contributed by atoms with van der Waals surface area (Å²) >= 11 is 0. The molecule has 0 aromatic heterocycles. The molecule has 0 spiro atoms. The molecule has 6 nitrogen and oxygen atoms in total. The number of nitriles is 1. The van der Waals surface area contributed by atoms with Gasteiger partial charge in [-0.25, -0.2) is 0 Å². The van der Waals surface area contributed by atoms with Gasteiger partial charge in [-0.3, -0.25) is 4.79 Å². The lowest BCUT2D eigenvalue weighted by Crippen LogP contribution is -2.32. The largest absolute Gasteiger partial charge is 0.484 e. The zero-order valence-corrected chi connectivity index (χ0v) is 12.5. The van der Waals surface area contributed by atoms with Gasteiger partial charge >= 0.3 is 0 Å². The first kappa shape index (κ1) is 17.0. The molecule has 0 unspecified atom stereocenters. The molecular weight excluding hydrogens is 270 g/mol. The third kappa shape index (κ3) is 7.92. The lowest BCUT2D eigenvalue weighted by Gasteiger charge is -2.10. The number of ether oxygens (including phenoxy) is 2. The van der Waals surface area contributed by atoms with Gasteiger partial charge in [-0.1, -0.05) is 0 Å². The van der Waals surface area contributed by atoms with E-state index in [-0.39, 0.29) is 12.5 Å². The predicted octanol–water partition coefficient (Wildman–Crippen LogP) is 0.631. The number of nitrogens with zero attached hydrogens (tertiary/aromatic N) is 2. The van der Waals surface area contributed by atoms with E-state index in [0.717, 1.165) is 6.54 Å². The maximum atomic E-state index is 11.5. The maximum absolute atomic E-state index is 11.5. The van der Waals surface area contributed by atoms with Crippen molar-refractivity contribution < 1.29 is 14.3 Å². The molecule has 0 fully saturated rings. The molecule has 1 aromatic rings. The van der Waals surface area contributed by atoms with Crippen molar-refractivity contribution >= 4 is 5.91 Å². The van der Waals surface area contributed by atoms with E-state index < -0.39 is 0 Å². The van der Waals surface area contributed by atoms with E-state index in [9.17, 15) is 4.79 Å². The quantitative estimate of drug-likeness (QED) is 0.676. The number of carbonyl (C=O) groups excluding carboxylic acids is 1. The van der Waals surface area contributed by atoms with Gasteiger partial charge in [0.05, 0.1) is 24.8 Å². The molecule has 1 rings (SSSR count). The molecule has 0 aliphatic rings. The van der Waals surface area contributed by atoms with Crippen LogP contribution in [0, 0.1) is 11.3 Å². The van der Waals surface area contributed by atoms with Gasteiger partial charge in [0.25, 0.3) is 5.91 Å². The summed E-state index contributed by atoms with van der Waals surface area (Å²) in [6.45, 7) is 2.39. The van der Waals surface area contributed by atoms with Crippen LogP contribution in [0.5, 0.6) is 5.75 Å². The van der Waals surface area contributed by atoms with Gasteiger partial charge in [0.1, 0.15) is 5.75 Å². The van der Waals surface area contributed by atoms with Gasteiger partial charge < -0.3 is 19.7 Å². The lowest BCUT2D eigenvalue weighted by molar-refractivity contribution is -0.123. The molecule has 0 radical (unpaired) electrons. The molecule has 21 heavy (non-hydrogen) atoms. The van der Waals surface area contributed by atoms with Gasteiger partial charge in [-0.15, -0.1) is 0 Å². The van der Waals surface area contributed by atoms with E-state index in [0.29, 0.717) is 31.1 Å². The minimum Gasteiger partial charge on any atom is -0.484 e. The van der Waals surface area contributed by atoms with E-state index in [1.165, 1.54) is 0 Å². The fourth-order valence-electron chi connectivity index (χ4n) is 1.44. The smallest absolute Gasteiger partial charge is 0.258 e. The second-order valence-corrected chi connectivity index (χ2v) is 4.69. The van der Waals surface area contributed by atoms with Crippen LogP contribution in [0.4, 0.5) is 0 Å². The van der Waals surface area contributed by atoms with Crippen molar-refractivity contribution in [1.82, 2.24) is 10.2 Å². The highest BCUT2D eigenvalue weighted by Gasteiger charge is 2.02. The van der Waals surface area contributed by atoms with E-state index in [2.05, 4.69) is 5.32 Å². The van der Waals surface area contributed by atoms with Crippen LogP contribution in [0.3, 0.4) is 0 Å². The van der Waals surface area contributed by atoms with Crippen LogP contribution in [0.1, 0.15) is 5.56 Å². The number of hydrogen-bond donors (Lipinski definition) is 1. The molecule has 0 aliphatic heterocycles. The molecule has 0 bridgehead atoms. The van der Waals surface area contributed by atoms with Crippen molar-refractivity contribution in [3.63, 3.8) is 0 Å². The minimum atomic E-state index is -0.199. The number of benzene rings is 1. The third-order valence-electron chi connectivity index (χ3n) is 2.60. The molecule has 6 heteroatoms. The summed E-state index contributed by atoms with van der Waals surface area (Å²) in [5.41, 5.74) is 0.557. The van der Waals surface area contributed by atoms with Gasteiger partial charge in [-0.2, -0.15) is 5.26 Å². The number of likely N-dealkylation sites (N-methyl/N-ethyl adjacent to an activating group) is 1. The average molecular weight is 291 g/mol. The molecule has 0 heterocycles. The second kappa shape index (κ2) is 9.75. The standard InChI is InChI=1S/C15H21N3O3/c1-18(2)8-10-20-9-7-17-15(19)12-21-14-5-3-13(11-16)4-6-14/h3-6H,7-10,12H2,1-2H3,(H,17,19). The highest BCUT2D eigenvalue weighted by atomic mass is 16.5. The van der Waals surface area contributed by atoms with Crippen LogP contribution < -0.4 is 10.1 Å². The van der Waals surface area contributed by atoms with Crippen LogP contribution >= 0.6 is 0 Å². The molecule has 0 aliphatic carbocycles. The summed E-state index contributed by atoms with van der Waals surface area (Å²) in [5.74, 6) is 0.363. The summed E-state index contributed by atoms with van der Waals surface area (Å²) in [5, 5.41) is 11.4. The Morgan fingerprint density at radius 1 is 1.29 bits per heavy atom. The maximum Gasteiger partial charge on any atom is 0.258 e. The molecular formula is C15H21N3O3. The van der Waals surface area contributed by atoms with Crippen molar-refractivity contribution in [2.75, 3.05) is 47.0 Å². The monoisotopic (exact) mass is 291 g/mol. The molecule has 0 atom stereocenters. The van der Waals surface area contributed by atoms with Gasteiger partial charge in [0.15, 0.2) is 6.61 Å². The Hall–Kier alpha value is -2.10. The summed E-state index contributed by atoms with van der Waals surface area (Å²) in [6, 6.07) is 8.63.